The summed E-state index contributed by atoms with van der Waals surface area (Å²) >= 11 is 0. The zero-order valence-corrected chi connectivity index (χ0v) is 8.11. The summed E-state index contributed by atoms with van der Waals surface area (Å²) in [4.78, 5) is 0. The van der Waals surface area contributed by atoms with E-state index in [1.165, 1.54) is 6.42 Å². The van der Waals surface area contributed by atoms with E-state index in [2.05, 4.69) is 5.43 Å². The Morgan fingerprint density at radius 3 is 2.36 bits per heavy atom. The van der Waals surface area contributed by atoms with Crippen molar-refractivity contribution < 1.29 is 13.2 Å². The van der Waals surface area contributed by atoms with Crippen LogP contribution in [0.4, 0.5) is 13.2 Å². The summed E-state index contributed by atoms with van der Waals surface area (Å²) in [5.41, 5.74) is 2.62. The highest BCUT2D eigenvalue weighted by atomic mass is 19.4. The quantitative estimate of drug-likeness (QED) is 0.540. The minimum absolute atomic E-state index is 0.0751. The minimum Gasteiger partial charge on any atom is -0.271 e. The monoisotopic (exact) mass is 210 g/mol. The van der Waals surface area contributed by atoms with Gasteiger partial charge in [-0.05, 0) is 31.6 Å². The number of nitrogens with two attached hydrogens (primary N) is 1. The van der Waals surface area contributed by atoms with E-state index in [1.54, 1.807) is 0 Å². The van der Waals surface area contributed by atoms with Crippen LogP contribution in [0.15, 0.2) is 0 Å². The van der Waals surface area contributed by atoms with Crippen molar-refractivity contribution in [3.63, 3.8) is 0 Å². The molecule has 1 rings (SSSR count). The fourth-order valence-corrected chi connectivity index (χ4v) is 1.82. The molecule has 1 saturated carbocycles. The molecule has 5 heteroatoms. The molecule has 0 aromatic carbocycles. The lowest BCUT2D eigenvalue weighted by Gasteiger charge is -2.33. The van der Waals surface area contributed by atoms with Gasteiger partial charge in [-0.2, -0.15) is 13.2 Å². The maximum Gasteiger partial charge on any atom is 0.389 e. The van der Waals surface area contributed by atoms with E-state index in [-0.39, 0.29) is 12.5 Å². The number of alkyl halides is 3. The van der Waals surface area contributed by atoms with Crippen molar-refractivity contribution in [1.29, 1.82) is 0 Å². The van der Waals surface area contributed by atoms with E-state index >= 15 is 0 Å². The van der Waals surface area contributed by atoms with Crippen molar-refractivity contribution in [2.24, 2.45) is 11.8 Å². The van der Waals surface area contributed by atoms with Crippen LogP contribution in [0.3, 0.4) is 0 Å². The van der Waals surface area contributed by atoms with Gasteiger partial charge in [-0.3, -0.25) is 11.3 Å². The molecule has 1 fully saturated rings. The summed E-state index contributed by atoms with van der Waals surface area (Å²) in [7, 11) is 0. The van der Waals surface area contributed by atoms with Crippen LogP contribution in [0.5, 0.6) is 0 Å². The molecule has 0 aromatic heterocycles. The van der Waals surface area contributed by atoms with Crippen LogP contribution < -0.4 is 11.3 Å². The lowest BCUT2D eigenvalue weighted by molar-refractivity contribution is -0.136. The highest BCUT2D eigenvalue weighted by molar-refractivity contribution is 4.81. The molecule has 0 aliphatic heterocycles. The molecule has 0 bridgehead atoms. The van der Waals surface area contributed by atoms with E-state index < -0.39 is 12.6 Å². The van der Waals surface area contributed by atoms with Crippen LogP contribution in [0, 0.1) is 5.92 Å². The van der Waals surface area contributed by atoms with Gasteiger partial charge < -0.3 is 0 Å². The summed E-state index contributed by atoms with van der Waals surface area (Å²) in [6, 6.07) is 0.0751. The Hall–Kier alpha value is -0.290. The second-order valence-corrected chi connectivity index (χ2v) is 3.97. The van der Waals surface area contributed by atoms with Crippen molar-refractivity contribution in [3.05, 3.63) is 0 Å². The van der Waals surface area contributed by atoms with Crippen molar-refractivity contribution in [2.75, 3.05) is 0 Å². The summed E-state index contributed by atoms with van der Waals surface area (Å²) in [5, 5.41) is 0. The van der Waals surface area contributed by atoms with Gasteiger partial charge in [-0.25, -0.2) is 0 Å². The first-order valence-corrected chi connectivity index (χ1v) is 5.06. The van der Waals surface area contributed by atoms with Gasteiger partial charge in [0.05, 0.1) is 0 Å². The second-order valence-electron chi connectivity index (χ2n) is 3.97. The van der Waals surface area contributed by atoms with Gasteiger partial charge in [0.1, 0.15) is 0 Å². The highest BCUT2D eigenvalue weighted by Crippen LogP contribution is 2.32. The molecule has 0 heterocycles. The zero-order chi connectivity index (χ0) is 10.6. The molecule has 0 aromatic rings. The fourth-order valence-electron chi connectivity index (χ4n) is 1.82. The van der Waals surface area contributed by atoms with Crippen LogP contribution in [-0.4, -0.2) is 12.2 Å². The molecule has 1 unspecified atom stereocenters. The van der Waals surface area contributed by atoms with Gasteiger partial charge in [-0.15, -0.1) is 0 Å². The first kappa shape index (κ1) is 11.8. The van der Waals surface area contributed by atoms with Gasteiger partial charge in [0.25, 0.3) is 0 Å². The number of hydrogen-bond donors (Lipinski definition) is 2. The van der Waals surface area contributed by atoms with Gasteiger partial charge in [0, 0.05) is 12.5 Å². The molecular weight excluding hydrogens is 193 g/mol. The Labute approximate surface area is 82.0 Å². The molecule has 0 amide bonds. The topological polar surface area (TPSA) is 38.0 Å². The molecule has 1 aliphatic carbocycles. The molecule has 2 nitrogen and oxygen atoms in total. The summed E-state index contributed by atoms with van der Waals surface area (Å²) in [5.74, 6) is 5.80. The van der Waals surface area contributed by atoms with Gasteiger partial charge in [0.15, 0.2) is 0 Å². The Balaban J connectivity index is 2.14. The van der Waals surface area contributed by atoms with Crippen LogP contribution in [0.1, 0.15) is 38.5 Å². The third kappa shape index (κ3) is 3.84. The standard InChI is InChI=1S/C9H17F3N2/c10-9(11,12)6-2-5-8(14-13)7-3-1-4-7/h7-8,14H,1-6,13H2. The molecule has 0 saturated heterocycles. The highest BCUT2D eigenvalue weighted by Gasteiger charge is 2.29. The summed E-state index contributed by atoms with van der Waals surface area (Å²) < 4.78 is 35.6. The molecule has 14 heavy (non-hydrogen) atoms. The smallest absolute Gasteiger partial charge is 0.271 e. The van der Waals surface area contributed by atoms with Crippen LogP contribution in [-0.2, 0) is 0 Å². The largest absolute Gasteiger partial charge is 0.389 e. The van der Waals surface area contributed by atoms with Crippen LogP contribution in [0.2, 0.25) is 0 Å². The zero-order valence-electron chi connectivity index (χ0n) is 8.11. The van der Waals surface area contributed by atoms with Crippen molar-refractivity contribution in [3.8, 4) is 0 Å². The van der Waals surface area contributed by atoms with Crippen molar-refractivity contribution in [1.82, 2.24) is 5.43 Å². The van der Waals surface area contributed by atoms with E-state index in [0.717, 1.165) is 12.8 Å². The second kappa shape index (κ2) is 4.98. The lowest BCUT2D eigenvalue weighted by Crippen LogP contribution is -2.43. The fraction of sp³-hybridized carbons (Fsp3) is 1.00. The Morgan fingerprint density at radius 2 is 2.00 bits per heavy atom. The van der Waals surface area contributed by atoms with Gasteiger partial charge in [0.2, 0.25) is 0 Å². The van der Waals surface area contributed by atoms with Crippen LogP contribution >= 0.6 is 0 Å². The van der Waals surface area contributed by atoms with Crippen molar-refractivity contribution in [2.45, 2.75) is 50.7 Å². The normalized spacial score (nSPS) is 20.6. The number of hydrogen-bond acceptors (Lipinski definition) is 2. The maximum absolute atomic E-state index is 11.9. The Morgan fingerprint density at radius 1 is 1.36 bits per heavy atom. The molecule has 0 radical (unpaired) electrons. The molecule has 0 spiro atoms. The van der Waals surface area contributed by atoms with E-state index in [0.29, 0.717) is 12.3 Å². The molecular formula is C9H17F3N2. The molecule has 84 valence electrons. The maximum atomic E-state index is 11.9. The van der Waals surface area contributed by atoms with Crippen LogP contribution in [0.25, 0.3) is 0 Å². The predicted molar refractivity (Wildman–Crippen MR) is 48.4 cm³/mol. The Bertz CT molecular complexity index is 166. The predicted octanol–water partition coefficient (Wildman–Crippen LogP) is 2.35. The summed E-state index contributed by atoms with van der Waals surface area (Å²) in [6.45, 7) is 0. The SMILES string of the molecule is NNC(CCCC(F)(F)F)C1CCC1. The summed E-state index contributed by atoms with van der Waals surface area (Å²) in [6.07, 6.45) is -0.643. The number of halogens is 3. The first-order valence-electron chi connectivity index (χ1n) is 5.06. The minimum atomic E-state index is -4.03. The van der Waals surface area contributed by atoms with Crippen molar-refractivity contribution >= 4 is 0 Å². The third-order valence-corrected chi connectivity index (χ3v) is 2.91. The Kier molecular flexibility index (Phi) is 4.19. The van der Waals surface area contributed by atoms with Gasteiger partial charge in [-0.1, -0.05) is 6.42 Å². The molecule has 3 N–H and O–H groups in total. The number of rotatable bonds is 5. The van der Waals surface area contributed by atoms with E-state index in [9.17, 15) is 13.2 Å². The van der Waals surface area contributed by atoms with E-state index in [4.69, 9.17) is 5.84 Å². The average molecular weight is 210 g/mol. The molecule has 1 atom stereocenters. The molecule has 1 aliphatic rings. The average Bonchev–Trinajstić information content (AvgIpc) is 1.96. The number of hydrazine groups is 1. The number of nitrogens with one attached hydrogen (secondary N) is 1. The van der Waals surface area contributed by atoms with E-state index in [1.807, 2.05) is 0 Å². The first-order chi connectivity index (χ1) is 6.53. The lowest BCUT2D eigenvalue weighted by atomic mass is 9.78. The van der Waals surface area contributed by atoms with Gasteiger partial charge >= 0.3 is 6.18 Å². The third-order valence-electron chi connectivity index (χ3n) is 2.91.